The minimum Gasteiger partial charge on any atom is -0.494 e. The van der Waals surface area contributed by atoms with E-state index in [1.165, 1.54) is 111 Å². The first-order valence-corrected chi connectivity index (χ1v) is 26.3. The normalized spacial score (nSPS) is 11.7. The SMILES string of the molecule is CCCCCCCCOc1cccc(-c2nc3c(-c4cc5c(OCCCCCCCC)c6sc(C)cc6c(OCCCCCCCC)c5s4)ncc(C)c3nc2-c2cccc(C)c2)c1. The summed E-state index contributed by atoms with van der Waals surface area (Å²) >= 11 is 3.54. The summed E-state index contributed by atoms with van der Waals surface area (Å²) in [5.41, 5.74) is 8.33. The average Bonchev–Trinajstić information content (AvgIpc) is 3.92. The summed E-state index contributed by atoms with van der Waals surface area (Å²) in [6.07, 6.45) is 24.0. The van der Waals surface area contributed by atoms with Gasteiger partial charge in [0, 0.05) is 33.0 Å². The van der Waals surface area contributed by atoms with E-state index in [1.807, 2.05) is 17.5 Å². The van der Waals surface area contributed by atoms with Crippen LogP contribution in [0.3, 0.4) is 0 Å². The molecule has 4 heterocycles. The first-order valence-electron chi connectivity index (χ1n) is 24.6. The van der Waals surface area contributed by atoms with Crippen molar-refractivity contribution in [1.82, 2.24) is 15.0 Å². The number of hydrogen-bond donors (Lipinski definition) is 0. The number of fused-ring (bicyclic) bond motifs is 3. The molecule has 0 atom stereocenters. The van der Waals surface area contributed by atoms with Crippen molar-refractivity contribution >= 4 is 53.9 Å². The molecule has 0 aliphatic heterocycles. The predicted molar refractivity (Wildman–Crippen MR) is 275 cm³/mol. The third kappa shape index (κ3) is 12.0. The van der Waals surface area contributed by atoms with Crippen LogP contribution in [0.2, 0.25) is 0 Å². The van der Waals surface area contributed by atoms with Gasteiger partial charge in [0.1, 0.15) is 28.5 Å². The highest BCUT2D eigenvalue weighted by molar-refractivity contribution is 7.23. The number of benzene rings is 3. The highest BCUT2D eigenvalue weighted by atomic mass is 32.1. The molecule has 3 aromatic carbocycles. The molecule has 0 fully saturated rings. The van der Waals surface area contributed by atoms with Crippen molar-refractivity contribution in [2.24, 2.45) is 0 Å². The molecular formula is C56H71N3O3S2. The monoisotopic (exact) mass is 897 g/mol. The van der Waals surface area contributed by atoms with Gasteiger partial charge in [0.15, 0.2) is 0 Å². The second-order valence-corrected chi connectivity index (χ2v) is 20.1. The van der Waals surface area contributed by atoms with Crippen LogP contribution >= 0.6 is 22.7 Å². The van der Waals surface area contributed by atoms with Crippen molar-refractivity contribution in [3.05, 3.63) is 82.9 Å². The molecule has 6 nitrogen and oxygen atoms in total. The molecule has 7 rings (SSSR count). The topological polar surface area (TPSA) is 66.4 Å². The fourth-order valence-electron chi connectivity index (χ4n) is 8.68. The van der Waals surface area contributed by atoms with Crippen molar-refractivity contribution in [2.45, 2.75) is 157 Å². The maximum atomic E-state index is 6.86. The second-order valence-electron chi connectivity index (χ2n) is 17.8. The summed E-state index contributed by atoms with van der Waals surface area (Å²) in [6.45, 7) is 15.3. The van der Waals surface area contributed by atoms with E-state index >= 15 is 0 Å². The van der Waals surface area contributed by atoms with Gasteiger partial charge in [-0.15, -0.1) is 22.7 Å². The van der Waals surface area contributed by atoms with E-state index in [-0.39, 0.29) is 0 Å². The maximum Gasteiger partial charge on any atom is 0.146 e. The largest absolute Gasteiger partial charge is 0.494 e. The van der Waals surface area contributed by atoms with E-state index in [0.29, 0.717) is 19.8 Å². The Morgan fingerprint density at radius 3 is 1.61 bits per heavy atom. The molecule has 0 unspecified atom stereocenters. The minimum absolute atomic E-state index is 0.695. The van der Waals surface area contributed by atoms with Gasteiger partial charge in [-0.2, -0.15) is 0 Å². The Hall–Kier alpha value is -4.53. The van der Waals surface area contributed by atoms with E-state index in [0.717, 1.165) is 102 Å². The Morgan fingerprint density at radius 1 is 0.484 bits per heavy atom. The van der Waals surface area contributed by atoms with E-state index in [1.54, 1.807) is 11.3 Å². The molecular weight excluding hydrogens is 827 g/mol. The zero-order valence-electron chi connectivity index (χ0n) is 39.6. The summed E-state index contributed by atoms with van der Waals surface area (Å²) in [5.74, 6) is 2.79. The molecule has 0 spiro atoms. The fraction of sp³-hybridized carbons (Fsp3) is 0.482. The number of aromatic nitrogens is 3. The van der Waals surface area contributed by atoms with Gasteiger partial charge in [-0.3, -0.25) is 4.98 Å². The minimum atomic E-state index is 0.695. The lowest BCUT2D eigenvalue weighted by atomic mass is 10.0. The van der Waals surface area contributed by atoms with E-state index in [2.05, 4.69) is 102 Å². The summed E-state index contributed by atoms with van der Waals surface area (Å²) < 4.78 is 22.4. The molecule has 0 amide bonds. The average molecular weight is 898 g/mol. The molecule has 8 heteroatoms. The maximum absolute atomic E-state index is 6.86. The molecule has 64 heavy (non-hydrogen) atoms. The lowest BCUT2D eigenvalue weighted by Crippen LogP contribution is -2.01. The van der Waals surface area contributed by atoms with Crippen molar-refractivity contribution in [1.29, 1.82) is 0 Å². The zero-order chi connectivity index (χ0) is 44.7. The second kappa shape index (κ2) is 24.1. The van der Waals surface area contributed by atoms with Crippen LogP contribution in [-0.2, 0) is 0 Å². The number of hydrogen-bond acceptors (Lipinski definition) is 8. The van der Waals surface area contributed by atoms with Crippen molar-refractivity contribution < 1.29 is 14.2 Å². The predicted octanol–water partition coefficient (Wildman–Crippen LogP) is 17.6. The van der Waals surface area contributed by atoms with Crippen LogP contribution in [-0.4, -0.2) is 34.8 Å². The molecule has 7 aromatic rings. The van der Waals surface area contributed by atoms with Crippen LogP contribution in [0.5, 0.6) is 17.2 Å². The number of nitrogens with zero attached hydrogens (tertiary/aromatic N) is 3. The van der Waals surface area contributed by atoms with Crippen LogP contribution in [0.1, 0.15) is 152 Å². The molecule has 0 saturated carbocycles. The van der Waals surface area contributed by atoms with Crippen LogP contribution in [0.4, 0.5) is 0 Å². The highest BCUT2D eigenvalue weighted by Gasteiger charge is 2.25. The van der Waals surface area contributed by atoms with Crippen molar-refractivity contribution in [3.8, 4) is 50.3 Å². The molecule has 0 bridgehead atoms. The lowest BCUT2D eigenvalue weighted by Gasteiger charge is -2.14. The number of ether oxygens (including phenoxy) is 3. The molecule has 0 radical (unpaired) electrons. The van der Waals surface area contributed by atoms with E-state index < -0.39 is 0 Å². The highest BCUT2D eigenvalue weighted by Crippen LogP contribution is 2.51. The van der Waals surface area contributed by atoms with E-state index in [9.17, 15) is 0 Å². The third-order valence-electron chi connectivity index (χ3n) is 12.3. The molecule has 0 aliphatic carbocycles. The summed E-state index contributed by atoms with van der Waals surface area (Å²) in [6, 6.07) is 21.5. The first-order chi connectivity index (χ1) is 31.4. The molecule has 340 valence electrons. The Labute approximate surface area is 391 Å². The summed E-state index contributed by atoms with van der Waals surface area (Å²) in [4.78, 5) is 18.5. The standard InChI is InChI=1S/C56H71N3O3S2/c1-7-10-13-16-19-22-31-60-44-30-26-29-43(36-44)50-49(42-28-25-27-39(4)34-42)58-48-40(5)38-57-51(52(48)59-50)47-37-46-54(62-33-24-21-18-15-12-9-3)55-45(35-41(6)63-55)53(56(46)64-47)61-32-23-20-17-14-11-8-2/h25-30,34-38H,7-24,31-33H2,1-6H3. The quantitative estimate of drug-likeness (QED) is 0.0479. The van der Waals surface area contributed by atoms with Gasteiger partial charge in [0.2, 0.25) is 0 Å². The molecule has 0 aliphatic rings. The number of unbranched alkanes of at least 4 members (excludes halogenated alkanes) is 15. The summed E-state index contributed by atoms with van der Waals surface area (Å²) in [7, 11) is 0. The van der Waals surface area contributed by atoms with E-state index in [4.69, 9.17) is 29.2 Å². The van der Waals surface area contributed by atoms with Crippen LogP contribution in [0.15, 0.2) is 66.9 Å². The molecule has 0 saturated heterocycles. The number of pyridine rings is 1. The van der Waals surface area contributed by atoms with Crippen molar-refractivity contribution in [2.75, 3.05) is 19.8 Å². The van der Waals surface area contributed by atoms with Crippen LogP contribution < -0.4 is 14.2 Å². The van der Waals surface area contributed by atoms with Gasteiger partial charge in [0.05, 0.1) is 51.0 Å². The molecule has 0 N–H and O–H groups in total. The number of aryl methyl sites for hydroxylation is 3. The van der Waals surface area contributed by atoms with Gasteiger partial charge in [-0.05, 0) is 75.9 Å². The van der Waals surface area contributed by atoms with Gasteiger partial charge in [0.25, 0.3) is 0 Å². The Morgan fingerprint density at radius 2 is 1.00 bits per heavy atom. The van der Waals surface area contributed by atoms with Crippen LogP contribution in [0, 0.1) is 20.8 Å². The Balaban J connectivity index is 1.31. The van der Waals surface area contributed by atoms with Gasteiger partial charge in [-0.25, -0.2) is 9.97 Å². The van der Waals surface area contributed by atoms with Crippen LogP contribution in [0.25, 0.3) is 64.3 Å². The van der Waals surface area contributed by atoms with Gasteiger partial charge < -0.3 is 14.2 Å². The Kier molecular flexibility index (Phi) is 17.9. The Bertz CT molecular complexity index is 2500. The zero-order valence-corrected chi connectivity index (χ0v) is 41.2. The molecule has 4 aromatic heterocycles. The van der Waals surface area contributed by atoms with Gasteiger partial charge >= 0.3 is 0 Å². The third-order valence-corrected chi connectivity index (χ3v) is 14.4. The fourth-order valence-corrected chi connectivity index (χ4v) is 10.9. The first kappa shape index (κ1) is 47.4. The van der Waals surface area contributed by atoms with Gasteiger partial charge in [-0.1, -0.05) is 153 Å². The lowest BCUT2D eigenvalue weighted by molar-refractivity contribution is 0.304. The number of thiophene rings is 2. The summed E-state index contributed by atoms with van der Waals surface area (Å²) in [5, 5.41) is 2.24. The number of rotatable bonds is 27. The smallest absolute Gasteiger partial charge is 0.146 e. The van der Waals surface area contributed by atoms with Crippen molar-refractivity contribution in [3.63, 3.8) is 0 Å².